The van der Waals surface area contributed by atoms with Gasteiger partial charge in [0.15, 0.2) is 0 Å². The van der Waals surface area contributed by atoms with Gasteiger partial charge in [0.25, 0.3) is 0 Å². The van der Waals surface area contributed by atoms with Crippen LogP contribution < -0.4 is 10.1 Å². The van der Waals surface area contributed by atoms with Crippen molar-refractivity contribution in [3.05, 3.63) is 30.5 Å². The average molecular weight is 299 g/mol. The van der Waals surface area contributed by atoms with E-state index >= 15 is 0 Å². The second-order valence-electron chi connectivity index (χ2n) is 4.67. The molecule has 0 bridgehead atoms. The topological polar surface area (TPSA) is 34.1 Å². The molecule has 0 saturated carbocycles. The summed E-state index contributed by atoms with van der Waals surface area (Å²) in [5.74, 6) is 2.39. The highest BCUT2D eigenvalue weighted by atomic mass is 35.5. The summed E-state index contributed by atoms with van der Waals surface area (Å²) in [5, 5.41) is 5.32. The number of halogens is 2. The number of benzene rings is 1. The summed E-state index contributed by atoms with van der Waals surface area (Å²) in [6.07, 6.45) is 1.75. The summed E-state index contributed by atoms with van der Waals surface area (Å²) in [7, 11) is 1.66. The molecule has 5 heteroatoms. The molecule has 1 aromatic heterocycles. The first-order chi connectivity index (χ1) is 9.13. The maximum atomic E-state index is 5.97. The molecule has 1 aromatic carbocycles. The third-order valence-electron chi connectivity index (χ3n) is 3.00. The standard InChI is InChI=1S/C14H16Cl2N2O/c1-14(8-15,9-16)18-13-11-4-3-5-12(19-2)10(11)6-7-17-13/h3-7H,8-9H2,1-2H3,(H,17,18). The third kappa shape index (κ3) is 2.88. The Hall–Kier alpha value is -1.19. The Morgan fingerprint density at radius 1 is 1.21 bits per heavy atom. The maximum Gasteiger partial charge on any atom is 0.134 e. The van der Waals surface area contributed by atoms with Crippen molar-refractivity contribution < 1.29 is 4.74 Å². The third-order valence-corrected chi connectivity index (χ3v) is 4.18. The van der Waals surface area contributed by atoms with Gasteiger partial charge in [-0.15, -0.1) is 23.2 Å². The van der Waals surface area contributed by atoms with Gasteiger partial charge in [0.1, 0.15) is 11.6 Å². The van der Waals surface area contributed by atoms with Crippen LogP contribution in [0.5, 0.6) is 5.75 Å². The molecule has 0 aliphatic carbocycles. The average Bonchev–Trinajstić information content (AvgIpc) is 2.47. The fraction of sp³-hybridized carbons (Fsp3) is 0.357. The van der Waals surface area contributed by atoms with Crippen molar-refractivity contribution in [2.45, 2.75) is 12.5 Å². The predicted molar refractivity (Wildman–Crippen MR) is 81.8 cm³/mol. The quantitative estimate of drug-likeness (QED) is 0.850. The molecular weight excluding hydrogens is 283 g/mol. The van der Waals surface area contributed by atoms with Gasteiger partial charge in [-0.2, -0.15) is 0 Å². The SMILES string of the molecule is COc1cccc2c(NC(C)(CCl)CCl)nccc12. The Labute approximate surface area is 122 Å². The van der Waals surface area contributed by atoms with Crippen molar-refractivity contribution in [2.24, 2.45) is 0 Å². The van der Waals surface area contributed by atoms with Crippen LogP contribution in [0, 0.1) is 0 Å². The minimum Gasteiger partial charge on any atom is -0.496 e. The highest BCUT2D eigenvalue weighted by Crippen LogP contribution is 2.30. The van der Waals surface area contributed by atoms with Crippen LogP contribution in [0.25, 0.3) is 10.8 Å². The minimum atomic E-state index is -0.395. The molecule has 0 amide bonds. The van der Waals surface area contributed by atoms with Gasteiger partial charge in [-0.05, 0) is 19.1 Å². The van der Waals surface area contributed by atoms with Crippen LogP contribution in [0.4, 0.5) is 5.82 Å². The highest BCUT2D eigenvalue weighted by Gasteiger charge is 2.23. The number of anilines is 1. The molecule has 2 rings (SSSR count). The number of rotatable bonds is 5. The van der Waals surface area contributed by atoms with E-state index < -0.39 is 5.54 Å². The Bertz CT molecular complexity index is 570. The van der Waals surface area contributed by atoms with E-state index in [0.717, 1.165) is 22.3 Å². The normalized spacial score (nSPS) is 11.6. The van der Waals surface area contributed by atoms with Crippen LogP contribution in [-0.4, -0.2) is 29.4 Å². The van der Waals surface area contributed by atoms with E-state index in [1.807, 2.05) is 31.2 Å². The zero-order chi connectivity index (χ0) is 13.9. The lowest BCUT2D eigenvalue weighted by molar-refractivity contribution is 0.420. The highest BCUT2D eigenvalue weighted by molar-refractivity contribution is 6.22. The van der Waals surface area contributed by atoms with Crippen molar-refractivity contribution >= 4 is 39.8 Å². The lowest BCUT2D eigenvalue weighted by atomic mass is 10.1. The van der Waals surface area contributed by atoms with Crippen molar-refractivity contribution in [1.29, 1.82) is 0 Å². The Kier molecular flexibility index (Phi) is 4.38. The molecule has 0 spiro atoms. The zero-order valence-corrected chi connectivity index (χ0v) is 12.4. The van der Waals surface area contributed by atoms with E-state index in [2.05, 4.69) is 10.3 Å². The number of hydrogen-bond donors (Lipinski definition) is 1. The van der Waals surface area contributed by atoms with E-state index in [9.17, 15) is 0 Å². The number of hydrogen-bond acceptors (Lipinski definition) is 3. The molecule has 1 N–H and O–H groups in total. The van der Waals surface area contributed by atoms with Gasteiger partial charge in [-0.25, -0.2) is 4.98 Å². The van der Waals surface area contributed by atoms with Gasteiger partial charge in [0.05, 0.1) is 12.6 Å². The monoisotopic (exact) mass is 298 g/mol. The number of methoxy groups -OCH3 is 1. The van der Waals surface area contributed by atoms with Crippen LogP contribution in [0.15, 0.2) is 30.5 Å². The number of ether oxygens (including phenoxy) is 1. The number of alkyl halides is 2. The van der Waals surface area contributed by atoms with Crippen LogP contribution in [0.1, 0.15) is 6.92 Å². The van der Waals surface area contributed by atoms with E-state index in [1.165, 1.54) is 0 Å². The molecule has 19 heavy (non-hydrogen) atoms. The fourth-order valence-corrected chi connectivity index (χ4v) is 2.26. The van der Waals surface area contributed by atoms with Gasteiger partial charge in [0.2, 0.25) is 0 Å². The lowest BCUT2D eigenvalue weighted by Gasteiger charge is -2.27. The van der Waals surface area contributed by atoms with E-state index in [-0.39, 0.29) is 0 Å². The van der Waals surface area contributed by atoms with Crippen molar-refractivity contribution in [3.63, 3.8) is 0 Å². The summed E-state index contributed by atoms with van der Waals surface area (Å²) in [6.45, 7) is 1.97. The molecule has 0 atom stereocenters. The van der Waals surface area contributed by atoms with Gasteiger partial charge >= 0.3 is 0 Å². The maximum absolute atomic E-state index is 5.97. The number of nitrogens with zero attached hydrogens (tertiary/aromatic N) is 1. The first kappa shape index (κ1) is 14.2. The number of fused-ring (bicyclic) bond motifs is 1. The Morgan fingerprint density at radius 3 is 2.58 bits per heavy atom. The summed E-state index contributed by atoms with van der Waals surface area (Å²) >= 11 is 11.9. The number of nitrogens with one attached hydrogen (secondary N) is 1. The van der Waals surface area contributed by atoms with Crippen molar-refractivity contribution in [2.75, 3.05) is 24.2 Å². The molecule has 1 heterocycles. The smallest absolute Gasteiger partial charge is 0.134 e. The second-order valence-corrected chi connectivity index (χ2v) is 5.20. The molecular formula is C14H16Cl2N2O. The largest absolute Gasteiger partial charge is 0.496 e. The van der Waals surface area contributed by atoms with Crippen LogP contribution in [0.3, 0.4) is 0 Å². The first-order valence-corrected chi connectivity index (χ1v) is 7.02. The fourth-order valence-electron chi connectivity index (χ4n) is 1.84. The summed E-state index contributed by atoms with van der Waals surface area (Å²) in [6, 6.07) is 7.79. The second kappa shape index (κ2) is 5.85. The van der Waals surface area contributed by atoms with Crippen molar-refractivity contribution in [3.8, 4) is 5.75 Å². The first-order valence-electron chi connectivity index (χ1n) is 5.95. The summed E-state index contributed by atoms with van der Waals surface area (Å²) < 4.78 is 5.36. The van der Waals surface area contributed by atoms with Crippen LogP contribution >= 0.6 is 23.2 Å². The number of aromatic nitrogens is 1. The summed E-state index contributed by atoms with van der Waals surface area (Å²) in [4.78, 5) is 4.38. The van der Waals surface area contributed by atoms with Crippen LogP contribution in [0.2, 0.25) is 0 Å². The molecule has 0 fully saturated rings. The molecule has 102 valence electrons. The Balaban J connectivity index is 2.50. The number of pyridine rings is 1. The molecule has 0 unspecified atom stereocenters. The van der Waals surface area contributed by atoms with Crippen LogP contribution in [-0.2, 0) is 0 Å². The molecule has 3 nitrogen and oxygen atoms in total. The zero-order valence-electron chi connectivity index (χ0n) is 10.9. The molecule has 0 radical (unpaired) electrons. The Morgan fingerprint density at radius 2 is 1.95 bits per heavy atom. The molecule has 0 aliphatic heterocycles. The van der Waals surface area contributed by atoms with E-state index in [4.69, 9.17) is 27.9 Å². The molecule has 0 aliphatic rings. The molecule has 0 saturated heterocycles. The summed E-state index contributed by atoms with van der Waals surface area (Å²) in [5.41, 5.74) is -0.395. The van der Waals surface area contributed by atoms with Gasteiger partial charge in [-0.3, -0.25) is 0 Å². The van der Waals surface area contributed by atoms with E-state index in [1.54, 1.807) is 13.3 Å². The lowest BCUT2D eigenvalue weighted by Crippen LogP contribution is -2.39. The van der Waals surface area contributed by atoms with Gasteiger partial charge in [0, 0.05) is 28.7 Å². The minimum absolute atomic E-state index is 0.395. The molecule has 2 aromatic rings. The van der Waals surface area contributed by atoms with Gasteiger partial charge < -0.3 is 10.1 Å². The van der Waals surface area contributed by atoms with Crippen molar-refractivity contribution in [1.82, 2.24) is 4.98 Å². The van der Waals surface area contributed by atoms with E-state index in [0.29, 0.717) is 11.8 Å². The predicted octanol–water partition coefficient (Wildman–Crippen LogP) is 3.89. The van der Waals surface area contributed by atoms with Gasteiger partial charge in [-0.1, -0.05) is 12.1 Å².